The molecule has 1 aliphatic heterocycles. The fraction of sp³-hybridized carbons (Fsp3) is 0.562. The molecule has 1 aromatic carbocycles. The molecule has 0 bridgehead atoms. The van der Waals surface area contributed by atoms with Crippen LogP contribution in [0.4, 0.5) is 9.18 Å². The predicted octanol–water partition coefficient (Wildman–Crippen LogP) is 3.53. The number of carbonyl (C=O) groups is 1. The fourth-order valence-electron chi connectivity index (χ4n) is 2.63. The van der Waals surface area contributed by atoms with Gasteiger partial charge >= 0.3 is 6.09 Å². The molecular weight excluding hydrogens is 307 g/mol. The highest BCUT2D eigenvalue weighted by molar-refractivity contribution is 6.30. The van der Waals surface area contributed by atoms with Gasteiger partial charge in [-0.2, -0.15) is 0 Å². The van der Waals surface area contributed by atoms with E-state index in [4.69, 9.17) is 22.1 Å². The van der Waals surface area contributed by atoms with Gasteiger partial charge in [-0.15, -0.1) is 0 Å². The molecule has 0 radical (unpaired) electrons. The molecule has 122 valence electrons. The Morgan fingerprint density at radius 2 is 2.14 bits per heavy atom. The first kappa shape index (κ1) is 17.0. The van der Waals surface area contributed by atoms with Crippen molar-refractivity contribution in [3.8, 4) is 0 Å². The summed E-state index contributed by atoms with van der Waals surface area (Å²) in [6.45, 7) is 6.46. The third kappa shape index (κ3) is 4.11. The van der Waals surface area contributed by atoms with Crippen molar-refractivity contribution in [3.05, 3.63) is 34.6 Å². The highest BCUT2D eigenvalue weighted by atomic mass is 35.5. The third-order valence-corrected chi connectivity index (χ3v) is 3.97. The second kappa shape index (κ2) is 6.42. The summed E-state index contributed by atoms with van der Waals surface area (Å²) >= 11 is 5.83. The van der Waals surface area contributed by atoms with Gasteiger partial charge in [-0.25, -0.2) is 9.18 Å². The second-order valence-electron chi connectivity index (χ2n) is 6.66. The Kier molecular flexibility index (Phi) is 4.97. The minimum Gasteiger partial charge on any atom is -0.444 e. The summed E-state index contributed by atoms with van der Waals surface area (Å²) < 4.78 is 18.6. The number of likely N-dealkylation sites (tertiary alicyclic amines) is 1. The molecule has 4 nitrogen and oxygen atoms in total. The van der Waals surface area contributed by atoms with E-state index in [0.717, 1.165) is 5.56 Å². The number of carbonyl (C=O) groups excluding carboxylic acids is 1. The van der Waals surface area contributed by atoms with E-state index in [-0.39, 0.29) is 23.1 Å². The molecule has 1 aromatic rings. The van der Waals surface area contributed by atoms with Crippen LogP contribution in [0.5, 0.6) is 0 Å². The lowest BCUT2D eigenvalue weighted by Gasteiger charge is -2.37. The minimum absolute atomic E-state index is 0.0526. The van der Waals surface area contributed by atoms with E-state index in [1.807, 2.05) is 20.8 Å². The lowest BCUT2D eigenvalue weighted by atomic mass is 9.86. The van der Waals surface area contributed by atoms with Crippen LogP contribution in [-0.4, -0.2) is 35.7 Å². The Bertz CT molecular complexity index is 560. The molecule has 22 heavy (non-hydrogen) atoms. The van der Waals surface area contributed by atoms with Crippen LogP contribution in [0.2, 0.25) is 5.02 Å². The highest BCUT2D eigenvalue weighted by Gasteiger charge is 2.32. The largest absolute Gasteiger partial charge is 0.444 e. The van der Waals surface area contributed by atoms with Crippen LogP contribution >= 0.6 is 11.6 Å². The molecule has 0 aromatic heterocycles. The van der Waals surface area contributed by atoms with E-state index >= 15 is 0 Å². The Morgan fingerprint density at radius 3 is 2.68 bits per heavy atom. The van der Waals surface area contributed by atoms with Crippen LogP contribution in [0.1, 0.15) is 38.7 Å². The Morgan fingerprint density at radius 1 is 1.45 bits per heavy atom. The third-order valence-electron chi connectivity index (χ3n) is 3.68. The number of piperidine rings is 1. The van der Waals surface area contributed by atoms with Gasteiger partial charge in [0.1, 0.15) is 11.4 Å². The molecular formula is C16H22ClFN2O2. The van der Waals surface area contributed by atoms with Gasteiger partial charge in [0.25, 0.3) is 0 Å². The zero-order chi connectivity index (χ0) is 16.5. The van der Waals surface area contributed by atoms with E-state index in [9.17, 15) is 9.18 Å². The molecule has 6 heteroatoms. The molecule has 1 heterocycles. The molecule has 0 spiro atoms. The van der Waals surface area contributed by atoms with Crippen LogP contribution in [0.3, 0.4) is 0 Å². The van der Waals surface area contributed by atoms with Crippen LogP contribution < -0.4 is 5.73 Å². The maximum atomic E-state index is 13.3. The van der Waals surface area contributed by atoms with Crippen molar-refractivity contribution in [2.45, 2.75) is 44.8 Å². The number of hydrogen-bond acceptors (Lipinski definition) is 3. The molecule has 0 aliphatic carbocycles. The van der Waals surface area contributed by atoms with Crippen molar-refractivity contribution in [2.75, 3.05) is 13.1 Å². The summed E-state index contributed by atoms with van der Waals surface area (Å²) in [5, 5.41) is 0.0965. The summed E-state index contributed by atoms with van der Waals surface area (Å²) in [5.74, 6) is -0.387. The van der Waals surface area contributed by atoms with Crippen LogP contribution in [0.15, 0.2) is 18.2 Å². The van der Waals surface area contributed by atoms with Gasteiger partial charge in [0.15, 0.2) is 0 Å². The zero-order valence-electron chi connectivity index (χ0n) is 13.1. The maximum absolute atomic E-state index is 13.3. The summed E-state index contributed by atoms with van der Waals surface area (Å²) in [6, 6.07) is 4.44. The number of ether oxygens (including phenoxy) is 1. The fourth-order valence-corrected chi connectivity index (χ4v) is 2.82. The standard InChI is InChI=1S/C16H22ClFN2O2/c1-16(2,3)22-15(21)20-7-6-11(14(19)9-20)10-4-5-13(18)12(17)8-10/h4-5,8,11,14H,6-7,9,19H2,1-3H3/t11-,14-/m1/s1. The van der Waals surface area contributed by atoms with Crippen molar-refractivity contribution in [1.82, 2.24) is 4.90 Å². The molecule has 2 rings (SSSR count). The predicted molar refractivity (Wildman–Crippen MR) is 84.6 cm³/mol. The molecule has 2 N–H and O–H groups in total. The van der Waals surface area contributed by atoms with E-state index in [2.05, 4.69) is 0 Å². The zero-order valence-corrected chi connectivity index (χ0v) is 13.9. The second-order valence-corrected chi connectivity index (χ2v) is 7.07. The van der Waals surface area contributed by atoms with Gasteiger partial charge in [0.2, 0.25) is 0 Å². The molecule has 1 aliphatic rings. The summed E-state index contributed by atoms with van der Waals surface area (Å²) in [4.78, 5) is 13.7. The van der Waals surface area contributed by atoms with E-state index in [0.29, 0.717) is 19.5 Å². The Balaban J connectivity index is 2.03. The minimum atomic E-state index is -0.525. The summed E-state index contributed by atoms with van der Waals surface area (Å²) in [6.07, 6.45) is 0.348. The summed E-state index contributed by atoms with van der Waals surface area (Å²) in [7, 11) is 0. The average molecular weight is 329 g/mol. The van der Waals surface area contributed by atoms with Crippen molar-refractivity contribution < 1.29 is 13.9 Å². The smallest absolute Gasteiger partial charge is 0.410 e. The van der Waals surface area contributed by atoms with Crippen LogP contribution in [0.25, 0.3) is 0 Å². The van der Waals surface area contributed by atoms with Crippen molar-refractivity contribution >= 4 is 17.7 Å². The van der Waals surface area contributed by atoms with Crippen LogP contribution in [-0.2, 0) is 4.74 Å². The molecule has 0 unspecified atom stereocenters. The highest BCUT2D eigenvalue weighted by Crippen LogP contribution is 2.30. The van der Waals surface area contributed by atoms with Crippen LogP contribution in [0, 0.1) is 5.82 Å². The van der Waals surface area contributed by atoms with Gasteiger partial charge < -0.3 is 15.4 Å². The summed E-state index contributed by atoms with van der Waals surface area (Å²) in [5.41, 5.74) is 6.58. The van der Waals surface area contributed by atoms with Gasteiger partial charge in [0.05, 0.1) is 5.02 Å². The van der Waals surface area contributed by atoms with E-state index in [1.54, 1.807) is 17.0 Å². The van der Waals surface area contributed by atoms with Crippen molar-refractivity contribution in [1.29, 1.82) is 0 Å². The Hall–Kier alpha value is -1.33. The monoisotopic (exact) mass is 328 g/mol. The van der Waals surface area contributed by atoms with Crippen molar-refractivity contribution in [3.63, 3.8) is 0 Å². The first-order chi connectivity index (χ1) is 10.2. The number of nitrogens with zero attached hydrogens (tertiary/aromatic N) is 1. The number of benzene rings is 1. The lowest BCUT2D eigenvalue weighted by Crippen LogP contribution is -2.50. The number of rotatable bonds is 1. The number of halogens is 2. The molecule has 2 atom stereocenters. The van der Waals surface area contributed by atoms with Gasteiger partial charge in [-0.05, 0) is 44.9 Å². The quantitative estimate of drug-likeness (QED) is 0.858. The van der Waals surface area contributed by atoms with E-state index < -0.39 is 11.4 Å². The topological polar surface area (TPSA) is 55.6 Å². The molecule has 1 fully saturated rings. The number of nitrogens with two attached hydrogens (primary N) is 1. The SMILES string of the molecule is CC(C)(C)OC(=O)N1CC[C@H](c2ccc(F)c(Cl)c2)[C@H](N)C1. The van der Waals surface area contributed by atoms with Crippen molar-refractivity contribution in [2.24, 2.45) is 5.73 Å². The van der Waals surface area contributed by atoms with E-state index in [1.165, 1.54) is 6.07 Å². The lowest BCUT2D eigenvalue weighted by molar-refractivity contribution is 0.0186. The van der Waals surface area contributed by atoms with Gasteiger partial charge in [-0.1, -0.05) is 17.7 Å². The molecule has 1 saturated heterocycles. The first-order valence-corrected chi connectivity index (χ1v) is 7.73. The molecule has 0 saturated carbocycles. The maximum Gasteiger partial charge on any atom is 0.410 e. The number of amides is 1. The first-order valence-electron chi connectivity index (χ1n) is 7.36. The Labute approximate surface area is 135 Å². The normalized spacial score (nSPS) is 22.5. The van der Waals surface area contributed by atoms with Gasteiger partial charge in [0, 0.05) is 25.0 Å². The van der Waals surface area contributed by atoms with Gasteiger partial charge in [-0.3, -0.25) is 0 Å². The average Bonchev–Trinajstić information content (AvgIpc) is 2.40. The number of hydrogen-bond donors (Lipinski definition) is 1. The molecule has 1 amide bonds.